The van der Waals surface area contributed by atoms with Crippen molar-refractivity contribution in [2.45, 2.75) is 84.8 Å². The number of carbonyl (C=O) groups is 1. The first kappa shape index (κ1) is 26.9. The summed E-state index contributed by atoms with van der Waals surface area (Å²) in [5.41, 5.74) is 3.14. The third kappa shape index (κ3) is 5.41. The predicted molar refractivity (Wildman–Crippen MR) is 151 cm³/mol. The molecule has 0 bridgehead atoms. The highest BCUT2D eigenvalue weighted by molar-refractivity contribution is 7.99. The van der Waals surface area contributed by atoms with E-state index in [4.69, 9.17) is 0 Å². The SMILES string of the molecule is CCn1c(SCC(=O)Nc2sc3c(c2C#N)CCC(C(C)(C)CC)C3)nnc1-c1csc(C(C)C)c1. The summed E-state index contributed by atoms with van der Waals surface area (Å²) >= 11 is 4.71. The molecule has 3 aromatic heterocycles. The van der Waals surface area contributed by atoms with Crippen molar-refractivity contribution in [3.63, 3.8) is 0 Å². The fourth-order valence-electron chi connectivity index (χ4n) is 4.71. The van der Waals surface area contributed by atoms with E-state index in [-0.39, 0.29) is 17.1 Å². The molecule has 192 valence electrons. The topological polar surface area (TPSA) is 83.6 Å². The highest BCUT2D eigenvalue weighted by Gasteiger charge is 2.34. The maximum absolute atomic E-state index is 12.9. The molecule has 9 heteroatoms. The molecule has 1 aliphatic carbocycles. The summed E-state index contributed by atoms with van der Waals surface area (Å²) < 4.78 is 2.06. The Balaban J connectivity index is 1.44. The molecule has 1 aliphatic rings. The van der Waals surface area contributed by atoms with E-state index >= 15 is 0 Å². The molecule has 36 heavy (non-hydrogen) atoms. The van der Waals surface area contributed by atoms with E-state index in [1.807, 2.05) is 0 Å². The van der Waals surface area contributed by atoms with Crippen molar-refractivity contribution in [3.05, 3.63) is 32.3 Å². The number of nitrogens with one attached hydrogen (secondary N) is 1. The molecule has 0 saturated carbocycles. The van der Waals surface area contributed by atoms with Gasteiger partial charge in [-0.15, -0.1) is 32.9 Å². The number of hydrogen-bond donors (Lipinski definition) is 1. The van der Waals surface area contributed by atoms with E-state index in [0.29, 0.717) is 22.4 Å². The molecule has 0 radical (unpaired) electrons. The molecular weight excluding hydrogens is 507 g/mol. The number of nitriles is 1. The van der Waals surface area contributed by atoms with Gasteiger partial charge in [-0.3, -0.25) is 4.79 Å². The number of rotatable bonds is 9. The molecule has 0 fully saturated rings. The highest BCUT2D eigenvalue weighted by Crippen LogP contribution is 2.45. The van der Waals surface area contributed by atoms with Crippen molar-refractivity contribution in [3.8, 4) is 17.5 Å². The van der Waals surface area contributed by atoms with Crippen molar-refractivity contribution < 1.29 is 4.79 Å². The van der Waals surface area contributed by atoms with Gasteiger partial charge in [-0.1, -0.05) is 52.8 Å². The average Bonchev–Trinajstić information content (AvgIpc) is 3.58. The molecule has 3 heterocycles. The Morgan fingerprint density at radius 1 is 1.36 bits per heavy atom. The smallest absolute Gasteiger partial charge is 0.235 e. The number of amides is 1. The Kier molecular flexibility index (Phi) is 8.28. The lowest BCUT2D eigenvalue weighted by atomic mass is 9.69. The van der Waals surface area contributed by atoms with Crippen molar-refractivity contribution in [2.24, 2.45) is 11.3 Å². The molecule has 0 saturated heterocycles. The Bertz CT molecular complexity index is 1280. The first-order chi connectivity index (χ1) is 17.2. The minimum Gasteiger partial charge on any atom is -0.316 e. The second-order valence-corrected chi connectivity index (χ2v) is 13.4. The van der Waals surface area contributed by atoms with Crippen LogP contribution in [0.1, 0.15) is 81.2 Å². The zero-order chi connectivity index (χ0) is 26.0. The molecule has 6 nitrogen and oxygen atoms in total. The van der Waals surface area contributed by atoms with Crippen molar-refractivity contribution in [1.29, 1.82) is 5.26 Å². The van der Waals surface area contributed by atoms with Crippen LogP contribution in [0.2, 0.25) is 0 Å². The number of carbonyl (C=O) groups excluding carboxylic acids is 1. The summed E-state index contributed by atoms with van der Waals surface area (Å²) in [6.07, 6.45) is 4.14. The fourth-order valence-corrected chi connectivity index (χ4v) is 7.71. The third-order valence-electron chi connectivity index (χ3n) is 7.46. The van der Waals surface area contributed by atoms with Crippen LogP contribution >= 0.6 is 34.4 Å². The van der Waals surface area contributed by atoms with Gasteiger partial charge in [-0.25, -0.2) is 0 Å². The van der Waals surface area contributed by atoms with Crippen LogP contribution < -0.4 is 5.32 Å². The number of anilines is 1. The third-order valence-corrected chi connectivity index (χ3v) is 10.8. The van der Waals surface area contributed by atoms with E-state index in [1.165, 1.54) is 21.5 Å². The molecule has 1 amide bonds. The summed E-state index contributed by atoms with van der Waals surface area (Å²) in [4.78, 5) is 15.5. The van der Waals surface area contributed by atoms with Crippen LogP contribution in [0, 0.1) is 22.7 Å². The van der Waals surface area contributed by atoms with E-state index < -0.39 is 0 Å². The van der Waals surface area contributed by atoms with Gasteiger partial charge in [-0.2, -0.15) is 5.26 Å². The summed E-state index contributed by atoms with van der Waals surface area (Å²) in [7, 11) is 0. The summed E-state index contributed by atoms with van der Waals surface area (Å²) in [5.74, 6) is 2.02. The van der Waals surface area contributed by atoms with Gasteiger partial charge in [0, 0.05) is 27.2 Å². The zero-order valence-corrected chi connectivity index (χ0v) is 24.4. The number of aromatic nitrogens is 3. The van der Waals surface area contributed by atoms with E-state index in [0.717, 1.165) is 54.3 Å². The normalized spacial score (nSPS) is 15.7. The Labute approximate surface area is 226 Å². The molecule has 4 rings (SSSR count). The number of fused-ring (bicyclic) bond motifs is 1. The first-order valence-electron chi connectivity index (χ1n) is 12.7. The van der Waals surface area contributed by atoms with E-state index in [2.05, 4.69) is 79.1 Å². The Morgan fingerprint density at radius 2 is 2.14 bits per heavy atom. The summed E-state index contributed by atoms with van der Waals surface area (Å²) in [6, 6.07) is 4.54. The quantitative estimate of drug-likeness (QED) is 0.286. The van der Waals surface area contributed by atoms with Crippen molar-refractivity contribution >= 4 is 45.3 Å². The van der Waals surface area contributed by atoms with Gasteiger partial charge in [0.2, 0.25) is 5.91 Å². The van der Waals surface area contributed by atoms with Crippen molar-refractivity contribution in [2.75, 3.05) is 11.1 Å². The van der Waals surface area contributed by atoms with Gasteiger partial charge in [0.05, 0.1) is 11.3 Å². The average molecular weight is 542 g/mol. The van der Waals surface area contributed by atoms with Crippen LogP contribution in [-0.2, 0) is 24.2 Å². The van der Waals surface area contributed by atoms with Crippen LogP contribution in [0.25, 0.3) is 11.4 Å². The molecule has 1 unspecified atom stereocenters. The Hall–Kier alpha value is -2.15. The monoisotopic (exact) mass is 541 g/mol. The standard InChI is InChI=1S/C27H35N5OS3/c1-7-27(5,6)18-9-10-19-20(13-28)25(36-22(19)12-18)29-23(33)15-35-26-31-30-24(32(26)8-2)17-11-21(16(3)4)34-14-17/h11,14,16,18H,7-10,12,15H2,1-6H3,(H,29,33). The highest BCUT2D eigenvalue weighted by atomic mass is 32.2. The van der Waals surface area contributed by atoms with Gasteiger partial charge >= 0.3 is 0 Å². The molecule has 0 spiro atoms. The summed E-state index contributed by atoms with van der Waals surface area (Å²) in [5, 5.41) is 25.2. The molecule has 0 aliphatic heterocycles. The maximum Gasteiger partial charge on any atom is 0.235 e. The lowest BCUT2D eigenvalue weighted by molar-refractivity contribution is -0.113. The number of thioether (sulfide) groups is 1. The first-order valence-corrected chi connectivity index (χ1v) is 15.4. The lowest BCUT2D eigenvalue weighted by Gasteiger charge is -2.36. The van der Waals surface area contributed by atoms with Gasteiger partial charge < -0.3 is 9.88 Å². The van der Waals surface area contributed by atoms with Crippen LogP contribution in [-0.4, -0.2) is 26.4 Å². The second kappa shape index (κ2) is 11.1. The molecule has 0 aromatic carbocycles. The number of nitrogens with zero attached hydrogens (tertiary/aromatic N) is 4. The van der Waals surface area contributed by atoms with Crippen LogP contribution in [0.15, 0.2) is 16.6 Å². The number of thiophene rings is 2. The molecule has 1 atom stereocenters. The van der Waals surface area contributed by atoms with Gasteiger partial charge in [0.25, 0.3) is 0 Å². The van der Waals surface area contributed by atoms with Crippen LogP contribution in [0.3, 0.4) is 0 Å². The summed E-state index contributed by atoms with van der Waals surface area (Å²) in [6.45, 7) is 14.1. The minimum atomic E-state index is -0.120. The van der Waals surface area contributed by atoms with Gasteiger partial charge in [0.1, 0.15) is 11.1 Å². The second-order valence-electron chi connectivity index (χ2n) is 10.4. The minimum absolute atomic E-state index is 0.120. The molecule has 3 aromatic rings. The van der Waals surface area contributed by atoms with E-state index in [9.17, 15) is 10.1 Å². The molecule has 1 N–H and O–H groups in total. The van der Waals surface area contributed by atoms with E-state index in [1.54, 1.807) is 22.7 Å². The number of hydrogen-bond acceptors (Lipinski definition) is 7. The lowest BCUT2D eigenvalue weighted by Crippen LogP contribution is -2.28. The Morgan fingerprint density at radius 3 is 2.78 bits per heavy atom. The predicted octanol–water partition coefficient (Wildman–Crippen LogP) is 7.35. The maximum atomic E-state index is 12.9. The zero-order valence-electron chi connectivity index (χ0n) is 22.0. The van der Waals surface area contributed by atoms with Crippen LogP contribution in [0.5, 0.6) is 0 Å². The fraction of sp³-hybridized carbons (Fsp3) is 0.556. The molecular formula is C27H35N5OS3. The van der Waals surface area contributed by atoms with Gasteiger partial charge in [-0.05, 0) is 55.1 Å². The van der Waals surface area contributed by atoms with Crippen LogP contribution in [0.4, 0.5) is 5.00 Å². The largest absolute Gasteiger partial charge is 0.316 e. The van der Waals surface area contributed by atoms with Gasteiger partial charge in [0.15, 0.2) is 11.0 Å². The van der Waals surface area contributed by atoms with Crippen molar-refractivity contribution in [1.82, 2.24) is 14.8 Å².